The van der Waals surface area contributed by atoms with Crippen LogP contribution in [0.4, 0.5) is 10.1 Å². The van der Waals surface area contributed by atoms with Crippen molar-refractivity contribution >= 4 is 17.6 Å². The maximum absolute atomic E-state index is 13.3. The van der Waals surface area contributed by atoms with Crippen molar-refractivity contribution in [3.63, 3.8) is 0 Å². The summed E-state index contributed by atoms with van der Waals surface area (Å²) < 4.78 is 13.3. The SMILES string of the molecule is Cc1c(F)cccc1NC(=O)CC(C)(C)CC(=O)O. The molecule has 0 aliphatic rings. The first-order chi connectivity index (χ1) is 8.71. The molecular weight excluding hydrogens is 249 g/mol. The minimum Gasteiger partial charge on any atom is -0.481 e. The van der Waals surface area contributed by atoms with Gasteiger partial charge in [0.05, 0.1) is 6.42 Å². The number of carboxylic acid groups (broad SMARTS) is 1. The Balaban J connectivity index is 2.70. The van der Waals surface area contributed by atoms with Crippen molar-refractivity contribution in [1.29, 1.82) is 0 Å². The number of benzene rings is 1. The van der Waals surface area contributed by atoms with Gasteiger partial charge in [-0.25, -0.2) is 4.39 Å². The number of carboxylic acids is 1. The van der Waals surface area contributed by atoms with Crippen LogP contribution >= 0.6 is 0 Å². The molecule has 0 radical (unpaired) electrons. The highest BCUT2D eigenvalue weighted by Gasteiger charge is 2.25. The van der Waals surface area contributed by atoms with Crippen LogP contribution in [0.5, 0.6) is 0 Å². The van der Waals surface area contributed by atoms with Crippen LogP contribution in [0.25, 0.3) is 0 Å². The Hall–Kier alpha value is -1.91. The molecule has 2 N–H and O–H groups in total. The highest BCUT2D eigenvalue weighted by molar-refractivity contribution is 5.92. The van der Waals surface area contributed by atoms with Gasteiger partial charge in [-0.15, -0.1) is 0 Å². The molecule has 104 valence electrons. The van der Waals surface area contributed by atoms with Gasteiger partial charge in [0, 0.05) is 17.7 Å². The lowest BCUT2D eigenvalue weighted by Gasteiger charge is -2.21. The Kier molecular flexibility index (Phi) is 4.64. The maximum Gasteiger partial charge on any atom is 0.303 e. The van der Waals surface area contributed by atoms with Crippen molar-refractivity contribution in [2.24, 2.45) is 5.41 Å². The van der Waals surface area contributed by atoms with Crippen molar-refractivity contribution < 1.29 is 19.1 Å². The van der Waals surface area contributed by atoms with Gasteiger partial charge < -0.3 is 10.4 Å². The molecule has 0 saturated heterocycles. The molecule has 0 saturated carbocycles. The summed E-state index contributed by atoms with van der Waals surface area (Å²) in [5, 5.41) is 11.4. The number of carbonyl (C=O) groups is 2. The fourth-order valence-electron chi connectivity index (χ4n) is 1.84. The van der Waals surface area contributed by atoms with Crippen molar-refractivity contribution in [1.82, 2.24) is 0 Å². The van der Waals surface area contributed by atoms with Crippen LogP contribution in [0.3, 0.4) is 0 Å². The van der Waals surface area contributed by atoms with E-state index in [1.807, 2.05) is 0 Å². The zero-order valence-corrected chi connectivity index (χ0v) is 11.3. The molecule has 0 atom stereocenters. The summed E-state index contributed by atoms with van der Waals surface area (Å²) in [4.78, 5) is 22.5. The second-order valence-electron chi connectivity index (χ2n) is 5.37. The molecular formula is C14H18FNO3. The number of amides is 1. The summed E-state index contributed by atoms with van der Waals surface area (Å²) in [5.74, 6) is -1.65. The first-order valence-electron chi connectivity index (χ1n) is 5.98. The molecule has 0 heterocycles. The van der Waals surface area contributed by atoms with Crippen LogP contribution in [0.1, 0.15) is 32.3 Å². The lowest BCUT2D eigenvalue weighted by atomic mass is 9.85. The first-order valence-corrected chi connectivity index (χ1v) is 5.98. The van der Waals surface area contributed by atoms with E-state index in [2.05, 4.69) is 5.32 Å². The van der Waals surface area contributed by atoms with Crippen molar-refractivity contribution in [2.75, 3.05) is 5.32 Å². The molecule has 1 aromatic rings. The Morgan fingerprint density at radius 1 is 1.32 bits per heavy atom. The number of rotatable bonds is 5. The minimum atomic E-state index is -0.945. The fraction of sp³-hybridized carbons (Fsp3) is 0.429. The van der Waals surface area contributed by atoms with Crippen LogP contribution in [-0.2, 0) is 9.59 Å². The zero-order valence-electron chi connectivity index (χ0n) is 11.3. The molecule has 0 spiro atoms. The summed E-state index contributed by atoms with van der Waals surface area (Å²) in [7, 11) is 0. The Morgan fingerprint density at radius 2 is 1.95 bits per heavy atom. The van der Waals surface area contributed by atoms with Crippen LogP contribution in [-0.4, -0.2) is 17.0 Å². The molecule has 0 fully saturated rings. The smallest absolute Gasteiger partial charge is 0.303 e. The standard InChI is InChI=1S/C14H18FNO3/c1-9-10(15)5-4-6-11(9)16-12(17)7-14(2,3)8-13(18)19/h4-6H,7-8H2,1-3H3,(H,16,17)(H,18,19). The normalized spacial score (nSPS) is 11.2. The van der Waals surface area contributed by atoms with Gasteiger partial charge in [0.15, 0.2) is 0 Å². The van der Waals surface area contributed by atoms with Gasteiger partial charge in [-0.3, -0.25) is 9.59 Å². The van der Waals surface area contributed by atoms with Gasteiger partial charge in [0.25, 0.3) is 0 Å². The highest BCUT2D eigenvalue weighted by Crippen LogP contribution is 2.26. The zero-order chi connectivity index (χ0) is 14.6. The summed E-state index contributed by atoms with van der Waals surface area (Å²) in [6, 6.07) is 4.44. The molecule has 19 heavy (non-hydrogen) atoms. The molecule has 4 nitrogen and oxygen atoms in total. The quantitative estimate of drug-likeness (QED) is 0.862. The number of hydrogen-bond acceptors (Lipinski definition) is 2. The van der Waals surface area contributed by atoms with E-state index in [9.17, 15) is 14.0 Å². The van der Waals surface area contributed by atoms with Crippen LogP contribution < -0.4 is 5.32 Å². The van der Waals surface area contributed by atoms with E-state index in [0.29, 0.717) is 11.3 Å². The molecule has 5 heteroatoms. The fourth-order valence-corrected chi connectivity index (χ4v) is 1.84. The Bertz CT molecular complexity index is 497. The Morgan fingerprint density at radius 3 is 2.53 bits per heavy atom. The van der Waals surface area contributed by atoms with E-state index >= 15 is 0 Å². The lowest BCUT2D eigenvalue weighted by molar-refractivity contribution is -0.139. The van der Waals surface area contributed by atoms with E-state index in [1.165, 1.54) is 12.1 Å². The number of hydrogen-bond donors (Lipinski definition) is 2. The highest BCUT2D eigenvalue weighted by atomic mass is 19.1. The number of carbonyl (C=O) groups excluding carboxylic acids is 1. The van der Waals surface area contributed by atoms with Gasteiger partial charge >= 0.3 is 5.97 Å². The number of aliphatic carboxylic acids is 1. The average Bonchev–Trinajstić information content (AvgIpc) is 2.21. The van der Waals surface area contributed by atoms with E-state index in [-0.39, 0.29) is 24.6 Å². The summed E-state index contributed by atoms with van der Waals surface area (Å²) in [6.07, 6.45) is -0.0300. The molecule has 0 bridgehead atoms. The topological polar surface area (TPSA) is 66.4 Å². The predicted molar refractivity (Wildman–Crippen MR) is 70.4 cm³/mol. The molecule has 1 aromatic carbocycles. The summed E-state index contributed by atoms with van der Waals surface area (Å²) >= 11 is 0. The molecule has 0 aliphatic carbocycles. The van der Waals surface area contributed by atoms with E-state index in [0.717, 1.165) is 0 Å². The predicted octanol–water partition coefficient (Wildman–Crippen LogP) is 2.96. The van der Waals surface area contributed by atoms with E-state index in [4.69, 9.17) is 5.11 Å². The number of nitrogens with one attached hydrogen (secondary N) is 1. The van der Waals surface area contributed by atoms with Gasteiger partial charge in [0.1, 0.15) is 5.82 Å². The second-order valence-corrected chi connectivity index (χ2v) is 5.37. The molecule has 1 amide bonds. The number of halogens is 1. The summed E-state index contributed by atoms with van der Waals surface area (Å²) in [5.41, 5.74) is 0.139. The van der Waals surface area contributed by atoms with Crippen molar-refractivity contribution in [3.05, 3.63) is 29.6 Å². The van der Waals surface area contributed by atoms with E-state index in [1.54, 1.807) is 26.8 Å². The molecule has 0 aromatic heterocycles. The molecule has 0 aliphatic heterocycles. The first kappa shape index (κ1) is 15.1. The lowest BCUT2D eigenvalue weighted by Crippen LogP contribution is -2.25. The van der Waals surface area contributed by atoms with Crippen molar-refractivity contribution in [2.45, 2.75) is 33.6 Å². The van der Waals surface area contributed by atoms with Crippen molar-refractivity contribution in [3.8, 4) is 0 Å². The monoisotopic (exact) mass is 267 g/mol. The second kappa shape index (κ2) is 5.82. The van der Waals surface area contributed by atoms with Crippen LogP contribution in [0.15, 0.2) is 18.2 Å². The third-order valence-electron chi connectivity index (χ3n) is 2.81. The minimum absolute atomic E-state index is 0.0647. The van der Waals surface area contributed by atoms with Gasteiger partial charge in [-0.1, -0.05) is 19.9 Å². The summed E-state index contributed by atoms with van der Waals surface area (Å²) in [6.45, 7) is 4.99. The van der Waals surface area contributed by atoms with E-state index < -0.39 is 11.4 Å². The van der Waals surface area contributed by atoms with Crippen LogP contribution in [0, 0.1) is 18.2 Å². The third-order valence-corrected chi connectivity index (χ3v) is 2.81. The Labute approximate surface area is 111 Å². The molecule has 1 rings (SSSR count). The molecule has 0 unspecified atom stereocenters. The average molecular weight is 267 g/mol. The van der Waals surface area contributed by atoms with Gasteiger partial charge in [0.2, 0.25) is 5.91 Å². The third kappa shape index (κ3) is 4.69. The largest absolute Gasteiger partial charge is 0.481 e. The van der Waals surface area contributed by atoms with Crippen LogP contribution in [0.2, 0.25) is 0 Å². The number of anilines is 1. The van der Waals surface area contributed by atoms with Gasteiger partial charge in [-0.05, 0) is 24.5 Å². The van der Waals surface area contributed by atoms with Gasteiger partial charge in [-0.2, -0.15) is 0 Å². The maximum atomic E-state index is 13.3.